The third-order valence-corrected chi connectivity index (χ3v) is 6.26. The summed E-state index contributed by atoms with van der Waals surface area (Å²) in [5, 5.41) is 7.23. The van der Waals surface area contributed by atoms with Crippen LogP contribution in [0.2, 0.25) is 0 Å². The second-order valence-electron chi connectivity index (χ2n) is 8.07. The first kappa shape index (κ1) is 19.3. The molecule has 0 bridgehead atoms. The van der Waals surface area contributed by atoms with Crippen LogP contribution in [0.5, 0.6) is 0 Å². The van der Waals surface area contributed by atoms with Crippen molar-refractivity contribution in [2.45, 2.75) is 13.5 Å². The van der Waals surface area contributed by atoms with Crippen LogP contribution in [0.4, 0.5) is 10.1 Å². The maximum absolute atomic E-state index is 15.4. The molecule has 0 aliphatic rings. The molecule has 0 unspecified atom stereocenters. The number of halogens is 1. The number of para-hydroxylation sites is 1. The number of rotatable bonds is 3. The van der Waals surface area contributed by atoms with Gasteiger partial charge in [-0.3, -0.25) is 0 Å². The number of nitrogens with zero attached hydrogens (tertiary/aromatic N) is 4. The zero-order valence-corrected chi connectivity index (χ0v) is 18.0. The van der Waals surface area contributed by atoms with Crippen LogP contribution in [-0.4, -0.2) is 14.3 Å². The summed E-state index contributed by atoms with van der Waals surface area (Å²) >= 11 is 0. The standard InChI is InChI=1S/C28H19FN4/c1-3-32-27-12-10-20(30-2)14-23(27)24-15-25(29)22(16-28(24)32)18-9-11-26-19(13-18)17-31-33(26)21-7-5-4-6-8-21/h4-17H,3H2,1H3. The van der Waals surface area contributed by atoms with Crippen molar-refractivity contribution in [2.75, 3.05) is 0 Å². The van der Waals surface area contributed by atoms with E-state index >= 15 is 4.39 Å². The number of hydrogen-bond donors (Lipinski definition) is 0. The van der Waals surface area contributed by atoms with Gasteiger partial charge in [0.15, 0.2) is 5.69 Å². The monoisotopic (exact) mass is 430 g/mol. The van der Waals surface area contributed by atoms with E-state index in [4.69, 9.17) is 6.57 Å². The fraction of sp³-hybridized carbons (Fsp3) is 0.0714. The highest BCUT2D eigenvalue weighted by atomic mass is 19.1. The first-order valence-corrected chi connectivity index (χ1v) is 10.8. The molecule has 158 valence electrons. The van der Waals surface area contributed by atoms with Gasteiger partial charge in [0, 0.05) is 33.9 Å². The largest absolute Gasteiger partial charge is 0.341 e. The quantitative estimate of drug-likeness (QED) is 0.267. The molecule has 5 heteroatoms. The predicted octanol–water partition coefficient (Wildman–Crippen LogP) is 7.51. The molecule has 0 saturated heterocycles. The molecule has 4 aromatic carbocycles. The van der Waals surface area contributed by atoms with Gasteiger partial charge >= 0.3 is 0 Å². The molecular weight excluding hydrogens is 411 g/mol. The Balaban J connectivity index is 1.54. The lowest BCUT2D eigenvalue weighted by atomic mass is 10.0. The molecule has 2 aromatic heterocycles. The third kappa shape index (κ3) is 2.92. The summed E-state index contributed by atoms with van der Waals surface area (Å²) in [5.74, 6) is -0.277. The van der Waals surface area contributed by atoms with Gasteiger partial charge in [-0.2, -0.15) is 5.10 Å². The van der Waals surface area contributed by atoms with Gasteiger partial charge in [0.2, 0.25) is 0 Å². The first-order chi connectivity index (χ1) is 16.2. The van der Waals surface area contributed by atoms with Gasteiger partial charge in [-0.15, -0.1) is 0 Å². The molecule has 0 radical (unpaired) electrons. The van der Waals surface area contributed by atoms with Crippen LogP contribution < -0.4 is 0 Å². The van der Waals surface area contributed by atoms with Crippen molar-refractivity contribution in [3.8, 4) is 16.8 Å². The van der Waals surface area contributed by atoms with Crippen molar-refractivity contribution >= 4 is 38.4 Å². The Hall–Kier alpha value is -4.43. The molecule has 0 atom stereocenters. The Morgan fingerprint density at radius 3 is 2.45 bits per heavy atom. The van der Waals surface area contributed by atoms with Crippen molar-refractivity contribution in [1.29, 1.82) is 0 Å². The van der Waals surface area contributed by atoms with Gasteiger partial charge in [-0.05, 0) is 66.4 Å². The van der Waals surface area contributed by atoms with Crippen molar-refractivity contribution in [3.05, 3.63) is 102 Å². The number of aryl methyl sites for hydroxylation is 1. The summed E-state index contributed by atoms with van der Waals surface area (Å²) in [5.41, 5.74) is 5.86. The highest BCUT2D eigenvalue weighted by molar-refractivity contribution is 6.10. The van der Waals surface area contributed by atoms with E-state index in [1.54, 1.807) is 6.07 Å². The van der Waals surface area contributed by atoms with Gasteiger partial charge in [-0.1, -0.05) is 30.3 Å². The van der Waals surface area contributed by atoms with E-state index in [0.717, 1.165) is 50.5 Å². The molecule has 6 aromatic rings. The van der Waals surface area contributed by atoms with Crippen LogP contribution in [0.25, 0.3) is 54.4 Å². The fourth-order valence-corrected chi connectivity index (χ4v) is 4.71. The van der Waals surface area contributed by atoms with Gasteiger partial charge in [0.25, 0.3) is 0 Å². The molecule has 6 rings (SSSR count). The lowest BCUT2D eigenvalue weighted by molar-refractivity contribution is 0.633. The number of hydrogen-bond acceptors (Lipinski definition) is 1. The minimum Gasteiger partial charge on any atom is -0.341 e. The molecule has 0 amide bonds. The van der Waals surface area contributed by atoms with Crippen LogP contribution in [0, 0.1) is 12.4 Å². The van der Waals surface area contributed by atoms with E-state index in [-0.39, 0.29) is 5.82 Å². The SMILES string of the molecule is [C-]#[N+]c1ccc2c(c1)c1cc(F)c(-c3ccc4c(cnn4-c4ccccc4)c3)cc1n2CC. The molecule has 0 saturated carbocycles. The van der Waals surface area contributed by atoms with Gasteiger partial charge in [0.05, 0.1) is 24.0 Å². The topological polar surface area (TPSA) is 27.1 Å². The highest BCUT2D eigenvalue weighted by Crippen LogP contribution is 2.36. The van der Waals surface area contributed by atoms with Crippen LogP contribution in [0.15, 0.2) is 85.1 Å². The Morgan fingerprint density at radius 2 is 1.67 bits per heavy atom. The molecular formula is C28H19FN4. The number of aromatic nitrogens is 3. The lowest BCUT2D eigenvalue weighted by Crippen LogP contribution is -1.95. The van der Waals surface area contributed by atoms with Gasteiger partial charge in [-0.25, -0.2) is 13.9 Å². The number of fused-ring (bicyclic) bond motifs is 4. The minimum absolute atomic E-state index is 0.277. The molecule has 0 aliphatic heterocycles. The Bertz CT molecular complexity index is 1720. The average molecular weight is 430 g/mol. The zero-order chi connectivity index (χ0) is 22.5. The van der Waals surface area contributed by atoms with E-state index in [2.05, 4.69) is 21.4 Å². The normalized spacial score (nSPS) is 11.4. The maximum Gasteiger partial charge on any atom is 0.188 e. The smallest absolute Gasteiger partial charge is 0.188 e. The molecule has 2 heterocycles. The minimum atomic E-state index is -0.277. The third-order valence-electron chi connectivity index (χ3n) is 6.26. The van der Waals surface area contributed by atoms with Gasteiger partial charge < -0.3 is 4.57 Å². The van der Waals surface area contributed by atoms with Crippen LogP contribution >= 0.6 is 0 Å². The first-order valence-electron chi connectivity index (χ1n) is 10.8. The fourth-order valence-electron chi connectivity index (χ4n) is 4.71. The molecule has 0 fully saturated rings. The summed E-state index contributed by atoms with van der Waals surface area (Å²) in [6.45, 7) is 10.2. The Morgan fingerprint density at radius 1 is 0.879 bits per heavy atom. The molecule has 33 heavy (non-hydrogen) atoms. The van der Waals surface area contributed by atoms with Crippen LogP contribution in [-0.2, 0) is 6.54 Å². The predicted molar refractivity (Wildman–Crippen MR) is 131 cm³/mol. The van der Waals surface area contributed by atoms with E-state index in [9.17, 15) is 0 Å². The van der Waals surface area contributed by atoms with Crippen LogP contribution in [0.1, 0.15) is 6.92 Å². The molecule has 4 nitrogen and oxygen atoms in total. The van der Waals surface area contributed by atoms with Crippen molar-refractivity contribution < 1.29 is 4.39 Å². The van der Waals surface area contributed by atoms with E-state index < -0.39 is 0 Å². The lowest BCUT2D eigenvalue weighted by Gasteiger charge is -2.08. The van der Waals surface area contributed by atoms with E-state index in [1.165, 1.54) is 0 Å². The molecule has 0 spiro atoms. The van der Waals surface area contributed by atoms with E-state index in [0.29, 0.717) is 11.3 Å². The maximum atomic E-state index is 15.4. The summed E-state index contributed by atoms with van der Waals surface area (Å²) in [4.78, 5) is 3.54. The summed E-state index contributed by atoms with van der Waals surface area (Å²) < 4.78 is 19.5. The van der Waals surface area contributed by atoms with Crippen molar-refractivity contribution in [2.24, 2.45) is 0 Å². The molecule has 0 N–H and O–H groups in total. The second kappa shape index (κ2) is 7.32. The summed E-state index contributed by atoms with van der Waals surface area (Å²) in [6.07, 6.45) is 1.82. The Kier molecular flexibility index (Phi) is 4.27. The summed E-state index contributed by atoms with van der Waals surface area (Å²) in [6, 6.07) is 25.0. The average Bonchev–Trinajstić information content (AvgIpc) is 3.41. The van der Waals surface area contributed by atoms with E-state index in [1.807, 2.05) is 83.7 Å². The van der Waals surface area contributed by atoms with Crippen LogP contribution in [0.3, 0.4) is 0 Å². The second-order valence-corrected chi connectivity index (χ2v) is 8.07. The molecule has 0 aliphatic carbocycles. The van der Waals surface area contributed by atoms with Crippen molar-refractivity contribution in [3.63, 3.8) is 0 Å². The Labute approximate surface area is 189 Å². The van der Waals surface area contributed by atoms with Gasteiger partial charge in [0.1, 0.15) is 5.82 Å². The highest BCUT2D eigenvalue weighted by Gasteiger charge is 2.16. The zero-order valence-electron chi connectivity index (χ0n) is 18.0. The summed E-state index contributed by atoms with van der Waals surface area (Å²) in [7, 11) is 0. The van der Waals surface area contributed by atoms with Crippen molar-refractivity contribution in [1.82, 2.24) is 14.3 Å². The number of benzene rings is 4.